The number of carboxylic acid groups (broad SMARTS) is 1. The van der Waals surface area contributed by atoms with E-state index >= 15 is 0 Å². The summed E-state index contributed by atoms with van der Waals surface area (Å²) >= 11 is 0. The smallest absolute Gasteiger partial charge is 0.328 e. The first kappa shape index (κ1) is 13.4. The lowest BCUT2D eigenvalue weighted by molar-refractivity contribution is -0.147. The van der Waals surface area contributed by atoms with Gasteiger partial charge in [-0.25, -0.2) is 4.79 Å². The van der Waals surface area contributed by atoms with E-state index in [0.29, 0.717) is 17.9 Å². The number of hydrogen-bond acceptors (Lipinski definition) is 4. The maximum atomic E-state index is 12.3. The van der Waals surface area contributed by atoms with Crippen LogP contribution < -0.4 is 4.74 Å². The minimum Gasteiger partial charge on any atom is -0.497 e. The van der Waals surface area contributed by atoms with Gasteiger partial charge in [-0.1, -0.05) is 0 Å². The summed E-state index contributed by atoms with van der Waals surface area (Å²) in [7, 11) is 1.54. The molecule has 1 N–H and O–H groups in total. The average Bonchev–Trinajstić information content (AvgIpc) is 2.46. The van der Waals surface area contributed by atoms with E-state index in [1.165, 1.54) is 4.90 Å². The zero-order valence-corrected chi connectivity index (χ0v) is 10.5. The summed E-state index contributed by atoms with van der Waals surface area (Å²) in [6, 6.07) is 5.65. The highest BCUT2D eigenvalue weighted by molar-refractivity contribution is 5.96. The quantitative estimate of drug-likeness (QED) is 0.867. The second-order valence-electron chi connectivity index (χ2n) is 4.16. The Labute approximate surface area is 110 Å². The third-order valence-electron chi connectivity index (χ3n) is 3.01. The van der Waals surface area contributed by atoms with Crippen molar-refractivity contribution in [1.29, 1.82) is 0 Å². The van der Waals surface area contributed by atoms with E-state index < -0.39 is 12.0 Å². The molecule has 1 heterocycles. The molecule has 2 rings (SSSR count). The van der Waals surface area contributed by atoms with Gasteiger partial charge in [0.2, 0.25) is 0 Å². The molecule has 0 saturated carbocycles. The van der Waals surface area contributed by atoms with Crippen LogP contribution in [0.15, 0.2) is 24.3 Å². The zero-order valence-electron chi connectivity index (χ0n) is 10.5. The minimum atomic E-state index is -1.05. The molecule has 0 aromatic heterocycles. The number of aliphatic carboxylic acids is 1. The lowest BCUT2D eigenvalue weighted by Gasteiger charge is -2.32. The fourth-order valence-corrected chi connectivity index (χ4v) is 1.95. The molecule has 6 heteroatoms. The first-order chi connectivity index (χ1) is 9.13. The van der Waals surface area contributed by atoms with Gasteiger partial charge in [-0.3, -0.25) is 4.79 Å². The first-order valence-electron chi connectivity index (χ1n) is 5.89. The van der Waals surface area contributed by atoms with Crippen molar-refractivity contribution in [2.45, 2.75) is 6.04 Å². The van der Waals surface area contributed by atoms with Crippen molar-refractivity contribution in [2.24, 2.45) is 0 Å². The van der Waals surface area contributed by atoms with Crippen LogP contribution in [0.3, 0.4) is 0 Å². The summed E-state index contributed by atoms with van der Waals surface area (Å²) in [5.41, 5.74) is 0.439. The van der Waals surface area contributed by atoms with Crippen LogP contribution in [0.5, 0.6) is 5.75 Å². The Hall–Kier alpha value is -2.08. The Balaban J connectivity index is 2.18. The molecule has 1 amide bonds. The van der Waals surface area contributed by atoms with E-state index in [1.807, 2.05) is 0 Å². The Morgan fingerprint density at radius 3 is 2.63 bits per heavy atom. The van der Waals surface area contributed by atoms with Crippen molar-refractivity contribution in [3.8, 4) is 5.75 Å². The second-order valence-corrected chi connectivity index (χ2v) is 4.16. The highest BCUT2D eigenvalue weighted by atomic mass is 16.5. The number of hydrogen-bond donors (Lipinski definition) is 1. The van der Waals surface area contributed by atoms with Crippen LogP contribution in [0.25, 0.3) is 0 Å². The maximum absolute atomic E-state index is 12.3. The molecule has 1 unspecified atom stereocenters. The van der Waals surface area contributed by atoms with Crippen LogP contribution >= 0.6 is 0 Å². The number of morpholine rings is 1. The van der Waals surface area contributed by atoms with Gasteiger partial charge in [0.15, 0.2) is 6.04 Å². The number of carbonyl (C=O) groups is 2. The molecule has 0 spiro atoms. The van der Waals surface area contributed by atoms with Crippen LogP contribution in [0, 0.1) is 0 Å². The van der Waals surface area contributed by atoms with Gasteiger partial charge in [0.25, 0.3) is 5.91 Å². The van der Waals surface area contributed by atoms with Crippen LogP contribution in [0.4, 0.5) is 0 Å². The van der Waals surface area contributed by atoms with Gasteiger partial charge in [0.1, 0.15) is 5.75 Å². The van der Waals surface area contributed by atoms with E-state index in [9.17, 15) is 9.59 Å². The van der Waals surface area contributed by atoms with Crippen LogP contribution in [-0.4, -0.2) is 54.8 Å². The molecule has 1 atom stereocenters. The fourth-order valence-electron chi connectivity index (χ4n) is 1.95. The number of methoxy groups -OCH3 is 1. The van der Waals surface area contributed by atoms with Crippen molar-refractivity contribution in [3.05, 3.63) is 29.8 Å². The molecule has 0 radical (unpaired) electrons. The van der Waals surface area contributed by atoms with Crippen LogP contribution in [0.1, 0.15) is 10.4 Å². The summed E-state index contributed by atoms with van der Waals surface area (Å²) < 4.78 is 10.1. The van der Waals surface area contributed by atoms with Gasteiger partial charge in [0, 0.05) is 12.1 Å². The summed E-state index contributed by atoms with van der Waals surface area (Å²) in [6.07, 6.45) is 0. The fraction of sp³-hybridized carbons (Fsp3) is 0.385. The van der Waals surface area contributed by atoms with Crippen LogP contribution in [0.2, 0.25) is 0 Å². The van der Waals surface area contributed by atoms with Crippen molar-refractivity contribution < 1.29 is 24.2 Å². The second kappa shape index (κ2) is 5.71. The number of amides is 1. The largest absolute Gasteiger partial charge is 0.497 e. The molecule has 1 saturated heterocycles. The number of benzene rings is 1. The predicted octanol–water partition coefficient (Wildman–Crippen LogP) is 0.621. The van der Waals surface area contributed by atoms with E-state index in [-0.39, 0.29) is 19.1 Å². The van der Waals surface area contributed by atoms with Crippen LogP contribution in [-0.2, 0) is 9.53 Å². The number of carboxylic acids is 1. The molecule has 6 nitrogen and oxygen atoms in total. The van der Waals surface area contributed by atoms with Gasteiger partial charge >= 0.3 is 5.97 Å². The van der Waals surface area contributed by atoms with Crippen molar-refractivity contribution in [2.75, 3.05) is 26.9 Å². The first-order valence-corrected chi connectivity index (χ1v) is 5.89. The van der Waals surface area contributed by atoms with E-state index in [1.54, 1.807) is 31.4 Å². The SMILES string of the molecule is COc1ccc(C(=O)N2CCOCC2C(=O)O)cc1. The maximum Gasteiger partial charge on any atom is 0.328 e. The van der Waals surface area contributed by atoms with E-state index in [2.05, 4.69) is 0 Å². The van der Waals surface area contributed by atoms with Gasteiger partial charge in [-0.15, -0.1) is 0 Å². The third-order valence-corrected chi connectivity index (χ3v) is 3.01. The number of carbonyl (C=O) groups excluding carboxylic acids is 1. The predicted molar refractivity (Wildman–Crippen MR) is 66.3 cm³/mol. The van der Waals surface area contributed by atoms with Gasteiger partial charge in [-0.05, 0) is 24.3 Å². The Kier molecular flexibility index (Phi) is 4.01. The molecule has 1 aromatic rings. The van der Waals surface area contributed by atoms with E-state index in [4.69, 9.17) is 14.6 Å². The standard InChI is InChI=1S/C13H15NO5/c1-18-10-4-2-9(3-5-10)12(15)14-6-7-19-8-11(14)13(16)17/h2-5,11H,6-8H2,1H3,(H,16,17). The molecule has 1 fully saturated rings. The molecule has 102 valence electrons. The molecular formula is C13H15NO5. The summed E-state index contributed by atoms with van der Waals surface area (Å²) in [6.45, 7) is 0.657. The van der Waals surface area contributed by atoms with Crippen molar-refractivity contribution in [3.63, 3.8) is 0 Å². The van der Waals surface area contributed by atoms with Crippen molar-refractivity contribution >= 4 is 11.9 Å². The molecule has 1 aromatic carbocycles. The average molecular weight is 265 g/mol. The summed E-state index contributed by atoms with van der Waals surface area (Å²) in [4.78, 5) is 24.7. The molecule has 0 aliphatic carbocycles. The lowest BCUT2D eigenvalue weighted by atomic mass is 10.1. The number of ether oxygens (including phenoxy) is 2. The zero-order chi connectivity index (χ0) is 13.8. The summed E-state index contributed by atoms with van der Waals surface area (Å²) in [5, 5.41) is 9.09. The Bertz CT molecular complexity index is 470. The highest BCUT2D eigenvalue weighted by Crippen LogP contribution is 2.16. The third kappa shape index (κ3) is 2.85. The lowest BCUT2D eigenvalue weighted by Crippen LogP contribution is -2.52. The topological polar surface area (TPSA) is 76.1 Å². The minimum absolute atomic E-state index is 0.0250. The molecular weight excluding hydrogens is 250 g/mol. The molecule has 1 aliphatic heterocycles. The number of nitrogens with zero attached hydrogens (tertiary/aromatic N) is 1. The van der Waals surface area contributed by atoms with Gasteiger partial charge in [0.05, 0.1) is 20.3 Å². The Morgan fingerprint density at radius 2 is 2.05 bits per heavy atom. The monoisotopic (exact) mass is 265 g/mol. The number of rotatable bonds is 3. The summed E-state index contributed by atoms with van der Waals surface area (Å²) in [5.74, 6) is -0.715. The molecule has 19 heavy (non-hydrogen) atoms. The van der Waals surface area contributed by atoms with Gasteiger partial charge in [-0.2, -0.15) is 0 Å². The van der Waals surface area contributed by atoms with E-state index in [0.717, 1.165) is 0 Å². The molecule has 1 aliphatic rings. The van der Waals surface area contributed by atoms with Gasteiger partial charge < -0.3 is 19.5 Å². The normalized spacial score (nSPS) is 19.0. The Morgan fingerprint density at radius 1 is 1.37 bits per heavy atom. The molecule has 0 bridgehead atoms. The van der Waals surface area contributed by atoms with Crippen molar-refractivity contribution in [1.82, 2.24) is 4.90 Å². The highest BCUT2D eigenvalue weighted by Gasteiger charge is 2.33.